The summed E-state index contributed by atoms with van der Waals surface area (Å²) in [5.41, 5.74) is 0.145. The van der Waals surface area contributed by atoms with Crippen molar-refractivity contribution in [1.82, 2.24) is 0 Å². The molecule has 2 atom stereocenters. The molecule has 0 heterocycles. The predicted molar refractivity (Wildman–Crippen MR) is 137 cm³/mol. The van der Waals surface area contributed by atoms with E-state index in [1.807, 2.05) is 41.5 Å². The first-order chi connectivity index (χ1) is 15.4. The Kier molecular flexibility index (Phi) is 16.9. The summed E-state index contributed by atoms with van der Waals surface area (Å²) in [4.78, 5) is 0. The van der Waals surface area contributed by atoms with Gasteiger partial charge < -0.3 is 26.6 Å². The monoisotopic (exact) mass is 494 g/mol. The maximum Gasteiger partial charge on any atom is 0.504 e. The van der Waals surface area contributed by atoms with Crippen LogP contribution in [0.3, 0.4) is 0 Å². The molecule has 0 aliphatic heterocycles. The molecule has 2 unspecified atom stereocenters. The minimum Gasteiger partial charge on any atom is -0.374 e. The van der Waals surface area contributed by atoms with Crippen LogP contribution in [0.1, 0.15) is 101 Å². The normalized spacial score (nSPS) is 16.7. The Hall–Kier alpha value is 0.194. The molecule has 0 aromatic carbocycles. The topological polar surface area (TPSA) is 55.4 Å². The third-order valence-electron chi connectivity index (χ3n) is 6.50. The van der Waals surface area contributed by atoms with Crippen LogP contribution in [0, 0.1) is 5.41 Å². The highest BCUT2D eigenvalue weighted by atomic mass is 28.4. The molecule has 0 radical (unpaired) electrons. The molecule has 194 valence electrons. The van der Waals surface area contributed by atoms with Crippen LogP contribution in [-0.4, -0.2) is 57.3 Å². The van der Waals surface area contributed by atoms with E-state index in [9.17, 15) is 0 Å². The molecule has 6 nitrogen and oxygen atoms in total. The SMILES string of the molecule is CCCC(CC)(C(CC)[Si](OCC)(OCC)OCC)C(CC)[Si](OCC)(OCC)OCC. The Morgan fingerprint density at radius 1 is 0.500 bits per heavy atom. The Balaban J connectivity index is 7.03. The molecule has 0 spiro atoms. The summed E-state index contributed by atoms with van der Waals surface area (Å²) < 4.78 is 39.0. The summed E-state index contributed by atoms with van der Waals surface area (Å²) in [7, 11) is -5.98. The maximum atomic E-state index is 6.49. The fourth-order valence-corrected chi connectivity index (χ4v) is 13.6. The van der Waals surface area contributed by atoms with E-state index in [-0.39, 0.29) is 16.5 Å². The van der Waals surface area contributed by atoms with Crippen molar-refractivity contribution in [2.24, 2.45) is 5.41 Å². The highest BCUT2D eigenvalue weighted by Gasteiger charge is 2.65. The van der Waals surface area contributed by atoms with Crippen molar-refractivity contribution in [3.8, 4) is 0 Å². The van der Waals surface area contributed by atoms with E-state index < -0.39 is 17.6 Å². The van der Waals surface area contributed by atoms with Gasteiger partial charge in [-0.15, -0.1) is 0 Å². The first-order valence-corrected chi connectivity index (χ1v) is 16.8. The quantitative estimate of drug-likeness (QED) is 0.163. The van der Waals surface area contributed by atoms with Gasteiger partial charge >= 0.3 is 17.6 Å². The zero-order valence-electron chi connectivity index (χ0n) is 22.9. The summed E-state index contributed by atoms with van der Waals surface area (Å²) >= 11 is 0. The molecule has 8 heteroatoms. The first kappa shape index (κ1) is 32.2. The molecule has 32 heavy (non-hydrogen) atoms. The summed E-state index contributed by atoms with van der Waals surface area (Å²) in [5.74, 6) is 0. The zero-order chi connectivity index (χ0) is 24.7. The van der Waals surface area contributed by atoms with Gasteiger partial charge in [0.25, 0.3) is 0 Å². The van der Waals surface area contributed by atoms with E-state index in [0.717, 1.165) is 32.1 Å². The van der Waals surface area contributed by atoms with Crippen molar-refractivity contribution < 1.29 is 26.6 Å². The van der Waals surface area contributed by atoms with Gasteiger partial charge in [-0.1, -0.05) is 34.1 Å². The Morgan fingerprint density at radius 2 is 0.781 bits per heavy atom. The average molecular weight is 495 g/mol. The smallest absolute Gasteiger partial charge is 0.374 e. The molecule has 0 aromatic rings. The van der Waals surface area contributed by atoms with Gasteiger partial charge in [0.15, 0.2) is 0 Å². The highest BCUT2D eigenvalue weighted by Crippen LogP contribution is 2.60. The third kappa shape index (κ3) is 7.34. The lowest BCUT2D eigenvalue weighted by atomic mass is 9.72. The fraction of sp³-hybridized carbons (Fsp3) is 1.00. The van der Waals surface area contributed by atoms with Gasteiger partial charge in [-0.05, 0) is 72.6 Å². The molecule has 0 aliphatic carbocycles. The van der Waals surface area contributed by atoms with Gasteiger partial charge in [-0.25, -0.2) is 0 Å². The molecule has 0 aliphatic rings. The summed E-state index contributed by atoms with van der Waals surface area (Å²) in [6.07, 6.45) is 4.91. The minimum absolute atomic E-state index is 0.129. The largest absolute Gasteiger partial charge is 0.504 e. The van der Waals surface area contributed by atoms with Crippen molar-refractivity contribution in [1.29, 1.82) is 0 Å². The highest BCUT2D eigenvalue weighted by molar-refractivity contribution is 6.65. The van der Waals surface area contributed by atoms with Gasteiger partial charge in [0.1, 0.15) is 0 Å². The Morgan fingerprint density at radius 3 is 0.938 bits per heavy atom. The summed E-state index contributed by atoms with van der Waals surface area (Å²) in [6, 6.07) is 0. The third-order valence-corrected chi connectivity index (χ3v) is 14.3. The standard InChI is InChI=1S/C24H54O6Si2/c1-11-21-24(14-4,22(12-2)31(25-15-5,26-16-6)27-17-7)23(13-3)32(28-18-8,29-19-9)30-20-10/h22-23H,11-21H2,1-10H3. The minimum atomic E-state index is -2.99. The van der Waals surface area contributed by atoms with Crippen LogP contribution in [0.5, 0.6) is 0 Å². The number of hydrogen-bond acceptors (Lipinski definition) is 6. The van der Waals surface area contributed by atoms with E-state index in [1.54, 1.807) is 0 Å². The van der Waals surface area contributed by atoms with Gasteiger partial charge in [-0.2, -0.15) is 0 Å². The lowest BCUT2D eigenvalue weighted by molar-refractivity contribution is 0.00503. The van der Waals surface area contributed by atoms with E-state index in [2.05, 4.69) is 27.7 Å². The van der Waals surface area contributed by atoms with Crippen molar-refractivity contribution in [3.05, 3.63) is 0 Å². The molecule has 0 amide bonds. The second kappa shape index (κ2) is 16.8. The molecular weight excluding hydrogens is 440 g/mol. The van der Waals surface area contributed by atoms with Crippen LogP contribution < -0.4 is 0 Å². The molecule has 0 saturated heterocycles. The molecule has 0 fully saturated rings. The van der Waals surface area contributed by atoms with E-state index in [0.29, 0.717) is 39.6 Å². The Bertz CT molecular complexity index is 398. The molecular formula is C24H54O6Si2. The molecule has 0 saturated carbocycles. The lowest BCUT2D eigenvalue weighted by Gasteiger charge is -2.53. The summed E-state index contributed by atoms with van der Waals surface area (Å²) in [5, 5.41) is 0. The Labute approximate surface area is 201 Å². The van der Waals surface area contributed by atoms with Crippen molar-refractivity contribution in [3.63, 3.8) is 0 Å². The van der Waals surface area contributed by atoms with Gasteiger partial charge in [-0.3, -0.25) is 0 Å². The second-order valence-electron chi connectivity index (χ2n) is 8.06. The van der Waals surface area contributed by atoms with Crippen LogP contribution >= 0.6 is 0 Å². The number of rotatable bonds is 21. The molecule has 0 bridgehead atoms. The van der Waals surface area contributed by atoms with Crippen LogP contribution in [0.25, 0.3) is 0 Å². The van der Waals surface area contributed by atoms with Crippen LogP contribution in [0.2, 0.25) is 11.1 Å². The van der Waals surface area contributed by atoms with Crippen molar-refractivity contribution in [2.75, 3.05) is 39.6 Å². The average Bonchev–Trinajstić information content (AvgIpc) is 2.75. The van der Waals surface area contributed by atoms with E-state index >= 15 is 0 Å². The lowest BCUT2D eigenvalue weighted by Crippen LogP contribution is -2.61. The van der Waals surface area contributed by atoms with Crippen LogP contribution in [0.15, 0.2) is 0 Å². The van der Waals surface area contributed by atoms with Gasteiger partial charge in [0.2, 0.25) is 0 Å². The maximum absolute atomic E-state index is 6.49. The molecule has 0 N–H and O–H groups in total. The summed E-state index contributed by atoms with van der Waals surface area (Å²) in [6.45, 7) is 24.8. The van der Waals surface area contributed by atoms with Crippen LogP contribution in [0.4, 0.5) is 0 Å². The zero-order valence-corrected chi connectivity index (χ0v) is 24.9. The molecule has 0 rings (SSSR count). The van der Waals surface area contributed by atoms with Gasteiger partial charge in [0.05, 0.1) is 0 Å². The second-order valence-corrected chi connectivity index (χ2v) is 13.6. The van der Waals surface area contributed by atoms with E-state index in [4.69, 9.17) is 26.6 Å². The molecule has 0 aromatic heterocycles. The number of hydrogen-bond donors (Lipinski definition) is 0. The fourth-order valence-electron chi connectivity index (χ4n) is 5.80. The first-order valence-electron chi connectivity index (χ1n) is 13.2. The predicted octanol–water partition coefficient (Wildman–Crippen LogP) is 6.84. The van der Waals surface area contributed by atoms with Crippen molar-refractivity contribution >= 4 is 17.6 Å². The van der Waals surface area contributed by atoms with E-state index in [1.165, 1.54) is 0 Å². The van der Waals surface area contributed by atoms with Gasteiger partial charge in [0, 0.05) is 50.7 Å². The van der Waals surface area contributed by atoms with Crippen LogP contribution in [-0.2, 0) is 26.6 Å². The van der Waals surface area contributed by atoms with Crippen molar-refractivity contribution in [2.45, 2.75) is 112 Å².